The van der Waals surface area contributed by atoms with Gasteiger partial charge < -0.3 is 14.6 Å². The first kappa shape index (κ1) is 12.5. The summed E-state index contributed by atoms with van der Waals surface area (Å²) in [5.74, 6) is 1.81. The van der Waals surface area contributed by atoms with Crippen LogP contribution in [0.1, 0.15) is 11.3 Å². The number of rotatable bonds is 5. The summed E-state index contributed by atoms with van der Waals surface area (Å²) in [7, 11) is 3.68. The lowest BCUT2D eigenvalue weighted by molar-refractivity contribution is 0.414. The van der Waals surface area contributed by atoms with Gasteiger partial charge in [-0.3, -0.25) is 0 Å². The van der Waals surface area contributed by atoms with E-state index in [0.29, 0.717) is 0 Å². The lowest BCUT2D eigenvalue weighted by atomic mass is 10.1. The highest BCUT2D eigenvalue weighted by Gasteiger charge is 2.01. The molecule has 0 bridgehead atoms. The molecule has 1 aromatic heterocycles. The van der Waals surface area contributed by atoms with Crippen molar-refractivity contribution in [3.8, 4) is 5.75 Å². The smallest absolute Gasteiger partial charge is 0.202 e. The van der Waals surface area contributed by atoms with Crippen molar-refractivity contribution in [2.24, 2.45) is 7.05 Å². The molecule has 0 aliphatic carbocycles. The third-order valence-electron chi connectivity index (χ3n) is 2.85. The average Bonchev–Trinajstić information content (AvgIpc) is 2.69. The van der Waals surface area contributed by atoms with Gasteiger partial charge in [0.05, 0.1) is 12.8 Å². The first-order chi connectivity index (χ1) is 8.69. The first-order valence-electron chi connectivity index (χ1n) is 6.06. The molecule has 18 heavy (non-hydrogen) atoms. The minimum absolute atomic E-state index is 0.872. The van der Waals surface area contributed by atoms with Crippen molar-refractivity contribution in [3.63, 3.8) is 0 Å². The van der Waals surface area contributed by atoms with Crippen LogP contribution in [-0.4, -0.2) is 23.2 Å². The number of hydrogen-bond acceptors (Lipinski definition) is 3. The van der Waals surface area contributed by atoms with E-state index in [4.69, 9.17) is 4.74 Å². The zero-order chi connectivity index (χ0) is 13.0. The quantitative estimate of drug-likeness (QED) is 0.879. The molecule has 4 nitrogen and oxygen atoms in total. The molecule has 0 radical (unpaired) electrons. The lowest BCUT2D eigenvalue weighted by Crippen LogP contribution is -2.08. The van der Waals surface area contributed by atoms with E-state index in [9.17, 15) is 0 Å². The highest BCUT2D eigenvalue weighted by atomic mass is 16.5. The molecule has 0 fully saturated rings. The second kappa shape index (κ2) is 5.58. The topological polar surface area (TPSA) is 39.1 Å². The number of aromatic nitrogens is 2. The van der Waals surface area contributed by atoms with Crippen LogP contribution >= 0.6 is 0 Å². The molecule has 1 N–H and O–H groups in total. The van der Waals surface area contributed by atoms with E-state index in [0.717, 1.165) is 30.4 Å². The number of methoxy groups -OCH3 is 1. The number of hydrogen-bond donors (Lipinski definition) is 1. The zero-order valence-corrected chi connectivity index (χ0v) is 11.1. The van der Waals surface area contributed by atoms with E-state index in [1.54, 1.807) is 7.11 Å². The molecular formula is C14H19N3O. The predicted octanol–water partition coefficient (Wildman–Crippen LogP) is 2.39. The maximum atomic E-state index is 5.13. The Kier molecular flexibility index (Phi) is 3.87. The first-order valence-corrected chi connectivity index (χ1v) is 6.06. The number of aryl methyl sites for hydroxylation is 2. The van der Waals surface area contributed by atoms with Gasteiger partial charge in [0.1, 0.15) is 5.75 Å². The molecule has 0 aliphatic heterocycles. The summed E-state index contributed by atoms with van der Waals surface area (Å²) >= 11 is 0. The molecule has 96 valence electrons. The molecule has 2 rings (SSSR count). The summed E-state index contributed by atoms with van der Waals surface area (Å²) in [5.41, 5.74) is 2.32. The molecule has 4 heteroatoms. The van der Waals surface area contributed by atoms with E-state index in [1.807, 2.05) is 36.9 Å². The van der Waals surface area contributed by atoms with Crippen LogP contribution in [0, 0.1) is 6.92 Å². The molecule has 0 atom stereocenters. The number of nitrogens with zero attached hydrogens (tertiary/aromatic N) is 2. The van der Waals surface area contributed by atoms with Crippen molar-refractivity contribution in [1.82, 2.24) is 9.55 Å². The van der Waals surface area contributed by atoms with E-state index in [2.05, 4.69) is 22.4 Å². The van der Waals surface area contributed by atoms with Crippen molar-refractivity contribution in [1.29, 1.82) is 0 Å². The van der Waals surface area contributed by atoms with Crippen LogP contribution in [0.4, 0.5) is 5.95 Å². The van der Waals surface area contributed by atoms with Gasteiger partial charge in [0.2, 0.25) is 5.95 Å². The Bertz CT molecular complexity index is 502. The fraction of sp³-hybridized carbons (Fsp3) is 0.357. The van der Waals surface area contributed by atoms with Crippen molar-refractivity contribution < 1.29 is 4.74 Å². The van der Waals surface area contributed by atoms with Crippen LogP contribution < -0.4 is 10.1 Å². The minimum atomic E-state index is 0.872. The third-order valence-corrected chi connectivity index (χ3v) is 2.85. The fourth-order valence-corrected chi connectivity index (χ4v) is 1.89. The number of imidazole rings is 1. The van der Waals surface area contributed by atoms with Gasteiger partial charge in [-0.2, -0.15) is 0 Å². The Labute approximate surface area is 108 Å². The minimum Gasteiger partial charge on any atom is -0.497 e. The summed E-state index contributed by atoms with van der Waals surface area (Å²) in [5, 5.41) is 3.33. The Morgan fingerprint density at radius 2 is 2.00 bits per heavy atom. The van der Waals surface area contributed by atoms with Gasteiger partial charge in [0.15, 0.2) is 0 Å². The lowest BCUT2D eigenvalue weighted by Gasteiger charge is -2.06. The highest BCUT2D eigenvalue weighted by Crippen LogP contribution is 2.12. The molecule has 1 aromatic carbocycles. The van der Waals surface area contributed by atoms with E-state index in [-0.39, 0.29) is 0 Å². The summed E-state index contributed by atoms with van der Waals surface area (Å²) < 4.78 is 7.14. The molecule has 0 amide bonds. The monoisotopic (exact) mass is 245 g/mol. The Balaban J connectivity index is 1.86. The summed E-state index contributed by atoms with van der Waals surface area (Å²) in [4.78, 5) is 4.40. The largest absolute Gasteiger partial charge is 0.497 e. The third kappa shape index (κ3) is 3.03. The molecular weight excluding hydrogens is 226 g/mol. The second-order valence-corrected chi connectivity index (χ2v) is 4.34. The van der Waals surface area contributed by atoms with Crippen molar-refractivity contribution in [2.75, 3.05) is 19.0 Å². The van der Waals surface area contributed by atoms with Gasteiger partial charge >= 0.3 is 0 Å². The van der Waals surface area contributed by atoms with Gasteiger partial charge in [-0.05, 0) is 31.0 Å². The molecule has 0 unspecified atom stereocenters. The zero-order valence-electron chi connectivity index (χ0n) is 11.1. The maximum Gasteiger partial charge on any atom is 0.202 e. The Hall–Kier alpha value is -1.97. The summed E-state index contributed by atoms with van der Waals surface area (Å²) in [6.45, 7) is 2.87. The van der Waals surface area contributed by atoms with Gasteiger partial charge in [0.25, 0.3) is 0 Å². The Morgan fingerprint density at radius 1 is 1.28 bits per heavy atom. The second-order valence-electron chi connectivity index (χ2n) is 4.34. The van der Waals surface area contributed by atoms with Crippen molar-refractivity contribution in [3.05, 3.63) is 41.7 Å². The molecule has 0 saturated heterocycles. The van der Waals surface area contributed by atoms with Crippen LogP contribution in [0.3, 0.4) is 0 Å². The van der Waals surface area contributed by atoms with Gasteiger partial charge in [0, 0.05) is 19.8 Å². The van der Waals surface area contributed by atoms with E-state index < -0.39 is 0 Å². The summed E-state index contributed by atoms with van der Waals surface area (Å²) in [6.07, 6.45) is 2.98. The Morgan fingerprint density at radius 3 is 2.56 bits per heavy atom. The number of ether oxygens (including phenoxy) is 1. The van der Waals surface area contributed by atoms with Crippen LogP contribution in [0.2, 0.25) is 0 Å². The van der Waals surface area contributed by atoms with Crippen LogP contribution in [0.5, 0.6) is 5.75 Å². The highest BCUT2D eigenvalue weighted by molar-refractivity contribution is 5.30. The number of nitrogens with one attached hydrogen (secondary N) is 1. The normalized spacial score (nSPS) is 10.4. The molecule has 0 spiro atoms. The number of anilines is 1. The molecule has 0 aliphatic rings. The molecule has 2 aromatic rings. The van der Waals surface area contributed by atoms with Crippen LogP contribution in [0.15, 0.2) is 30.5 Å². The fourth-order valence-electron chi connectivity index (χ4n) is 1.89. The van der Waals surface area contributed by atoms with Gasteiger partial charge in [-0.1, -0.05) is 12.1 Å². The predicted molar refractivity (Wildman–Crippen MR) is 73.1 cm³/mol. The average molecular weight is 245 g/mol. The standard InChI is InChI=1S/C14H19N3O/c1-11-10-17(2)14(16-11)15-9-8-12-4-6-13(18-3)7-5-12/h4-7,10H,8-9H2,1-3H3,(H,15,16). The SMILES string of the molecule is COc1ccc(CCNc2nc(C)cn2C)cc1. The van der Waals surface area contributed by atoms with Crippen molar-refractivity contribution >= 4 is 5.95 Å². The summed E-state index contributed by atoms with van der Waals surface area (Å²) in [6, 6.07) is 8.15. The van der Waals surface area contributed by atoms with Crippen LogP contribution in [-0.2, 0) is 13.5 Å². The number of benzene rings is 1. The van der Waals surface area contributed by atoms with Gasteiger partial charge in [-0.25, -0.2) is 4.98 Å². The molecule has 0 saturated carbocycles. The maximum absolute atomic E-state index is 5.13. The van der Waals surface area contributed by atoms with Crippen molar-refractivity contribution in [2.45, 2.75) is 13.3 Å². The van der Waals surface area contributed by atoms with Crippen LogP contribution in [0.25, 0.3) is 0 Å². The van der Waals surface area contributed by atoms with E-state index in [1.165, 1.54) is 5.56 Å². The molecule has 1 heterocycles. The van der Waals surface area contributed by atoms with E-state index >= 15 is 0 Å². The van der Waals surface area contributed by atoms with Gasteiger partial charge in [-0.15, -0.1) is 0 Å².